The summed E-state index contributed by atoms with van der Waals surface area (Å²) in [7, 11) is -2.19. The summed E-state index contributed by atoms with van der Waals surface area (Å²) in [4.78, 5) is 22.8. The van der Waals surface area contributed by atoms with Crippen LogP contribution in [0.3, 0.4) is 0 Å². The van der Waals surface area contributed by atoms with Gasteiger partial charge in [-0.3, -0.25) is 10.1 Å². The van der Waals surface area contributed by atoms with E-state index in [-0.39, 0.29) is 32.7 Å². The molecule has 19 heavy (non-hydrogen) atoms. The first kappa shape index (κ1) is 14.2. The lowest BCUT2D eigenvalue weighted by Gasteiger charge is -2.21. The largest absolute Gasteiger partial charge is 0.383 e. The summed E-state index contributed by atoms with van der Waals surface area (Å²) in [5.41, 5.74) is -1.13. The van der Waals surface area contributed by atoms with E-state index in [1.807, 2.05) is 0 Å². The van der Waals surface area contributed by atoms with Crippen molar-refractivity contribution in [2.75, 3.05) is 33.4 Å². The number of hydrogen-bond donors (Lipinski definition) is 3. The smallest absolute Gasteiger partial charge is 0.322 e. The van der Waals surface area contributed by atoms with Crippen LogP contribution in [0.4, 0.5) is 4.79 Å². The van der Waals surface area contributed by atoms with E-state index in [4.69, 9.17) is 4.74 Å². The minimum absolute atomic E-state index is 0.0626. The van der Waals surface area contributed by atoms with Gasteiger partial charge in [-0.15, -0.1) is 0 Å². The van der Waals surface area contributed by atoms with E-state index in [0.717, 1.165) is 4.31 Å². The second kappa shape index (κ2) is 5.04. The zero-order chi connectivity index (χ0) is 14.1. The van der Waals surface area contributed by atoms with Gasteiger partial charge in [0.2, 0.25) is 0 Å². The van der Waals surface area contributed by atoms with Crippen molar-refractivity contribution >= 4 is 22.1 Å². The molecule has 9 nitrogen and oxygen atoms in total. The third kappa shape index (κ3) is 2.71. The highest BCUT2D eigenvalue weighted by molar-refractivity contribution is 7.87. The number of methoxy groups -OCH3 is 1. The molecule has 0 aromatic carbocycles. The van der Waals surface area contributed by atoms with Crippen molar-refractivity contribution in [3.8, 4) is 0 Å². The van der Waals surface area contributed by atoms with Gasteiger partial charge in [0.05, 0.1) is 6.61 Å². The molecule has 1 unspecified atom stereocenters. The van der Waals surface area contributed by atoms with Crippen LogP contribution in [0.2, 0.25) is 0 Å². The van der Waals surface area contributed by atoms with Crippen LogP contribution in [-0.4, -0.2) is 63.6 Å². The van der Waals surface area contributed by atoms with Crippen LogP contribution in [0, 0.1) is 0 Å². The fraction of sp³-hybridized carbons (Fsp3) is 0.778. The minimum atomic E-state index is -3.66. The van der Waals surface area contributed by atoms with Crippen molar-refractivity contribution in [1.29, 1.82) is 0 Å². The molecule has 3 amide bonds. The summed E-state index contributed by atoms with van der Waals surface area (Å²) >= 11 is 0. The SMILES string of the molecule is COCCNS(=O)(=O)N1CCC2(C1)NC(=O)NC2=O. The summed E-state index contributed by atoms with van der Waals surface area (Å²) in [5, 5.41) is 4.61. The molecule has 0 saturated carbocycles. The Balaban J connectivity index is 2.02. The normalized spacial score (nSPS) is 27.8. The number of nitrogens with zero attached hydrogens (tertiary/aromatic N) is 1. The molecule has 1 atom stereocenters. The average Bonchev–Trinajstić information content (AvgIpc) is 2.85. The minimum Gasteiger partial charge on any atom is -0.383 e. The van der Waals surface area contributed by atoms with E-state index >= 15 is 0 Å². The van der Waals surface area contributed by atoms with Crippen molar-refractivity contribution in [2.24, 2.45) is 0 Å². The summed E-state index contributed by atoms with van der Waals surface area (Å²) in [5.74, 6) is -0.480. The zero-order valence-electron chi connectivity index (χ0n) is 10.4. The van der Waals surface area contributed by atoms with Crippen molar-refractivity contribution in [1.82, 2.24) is 19.7 Å². The van der Waals surface area contributed by atoms with Gasteiger partial charge in [-0.25, -0.2) is 4.79 Å². The second-order valence-corrected chi connectivity index (χ2v) is 6.22. The molecular formula is C9H16N4O5S. The number of rotatable bonds is 5. The van der Waals surface area contributed by atoms with Crippen LogP contribution >= 0.6 is 0 Å². The number of amides is 3. The van der Waals surface area contributed by atoms with Gasteiger partial charge in [-0.2, -0.15) is 17.4 Å². The topological polar surface area (TPSA) is 117 Å². The number of hydrogen-bond acceptors (Lipinski definition) is 5. The lowest BCUT2D eigenvalue weighted by Crippen LogP contribution is -2.51. The first-order chi connectivity index (χ1) is 8.89. The van der Waals surface area contributed by atoms with Crippen molar-refractivity contribution < 1.29 is 22.7 Å². The molecule has 1 spiro atoms. The zero-order valence-corrected chi connectivity index (χ0v) is 11.2. The van der Waals surface area contributed by atoms with Gasteiger partial charge in [-0.05, 0) is 6.42 Å². The summed E-state index contributed by atoms with van der Waals surface area (Å²) in [6.07, 6.45) is 0.260. The molecule has 0 bridgehead atoms. The lowest BCUT2D eigenvalue weighted by atomic mass is 10.00. The summed E-state index contributed by atoms with van der Waals surface area (Å²) in [6, 6.07) is -0.586. The van der Waals surface area contributed by atoms with E-state index in [1.165, 1.54) is 7.11 Å². The lowest BCUT2D eigenvalue weighted by molar-refractivity contribution is -0.123. The van der Waals surface area contributed by atoms with Gasteiger partial charge in [0.1, 0.15) is 5.54 Å². The van der Waals surface area contributed by atoms with Crippen LogP contribution in [0.1, 0.15) is 6.42 Å². The van der Waals surface area contributed by atoms with Crippen LogP contribution in [0.15, 0.2) is 0 Å². The van der Waals surface area contributed by atoms with Gasteiger partial charge in [-0.1, -0.05) is 0 Å². The van der Waals surface area contributed by atoms with Crippen LogP contribution in [0.5, 0.6) is 0 Å². The van der Waals surface area contributed by atoms with Gasteiger partial charge in [0, 0.05) is 26.7 Å². The molecule has 108 valence electrons. The van der Waals surface area contributed by atoms with E-state index < -0.39 is 27.7 Å². The number of carbonyl (C=O) groups is 2. The Bertz CT molecular complexity index is 493. The third-order valence-corrected chi connectivity index (χ3v) is 4.74. The van der Waals surface area contributed by atoms with Crippen LogP contribution < -0.4 is 15.4 Å². The number of ether oxygens (including phenoxy) is 1. The maximum Gasteiger partial charge on any atom is 0.322 e. The summed E-state index contributed by atoms with van der Waals surface area (Å²) in [6.45, 7) is 0.527. The average molecular weight is 292 g/mol. The molecule has 3 N–H and O–H groups in total. The van der Waals surface area contributed by atoms with E-state index in [1.54, 1.807) is 0 Å². The molecule has 2 aliphatic rings. The number of imide groups is 1. The quantitative estimate of drug-likeness (QED) is 0.391. The molecule has 2 saturated heterocycles. The second-order valence-electron chi connectivity index (χ2n) is 4.47. The fourth-order valence-corrected chi connectivity index (χ4v) is 3.41. The summed E-state index contributed by atoms with van der Waals surface area (Å²) < 4.78 is 32.2. The fourth-order valence-electron chi connectivity index (χ4n) is 2.16. The molecular weight excluding hydrogens is 276 g/mol. The Morgan fingerprint density at radius 3 is 2.79 bits per heavy atom. The van der Waals surface area contributed by atoms with E-state index in [2.05, 4.69) is 15.4 Å². The molecule has 0 aromatic rings. The Morgan fingerprint density at radius 1 is 1.47 bits per heavy atom. The van der Waals surface area contributed by atoms with Gasteiger partial charge in [0.25, 0.3) is 16.1 Å². The van der Waals surface area contributed by atoms with E-state index in [0.29, 0.717) is 0 Å². The van der Waals surface area contributed by atoms with Crippen LogP contribution in [0.25, 0.3) is 0 Å². The van der Waals surface area contributed by atoms with Crippen molar-refractivity contribution in [3.63, 3.8) is 0 Å². The standard InChI is InChI=1S/C9H16N4O5S/c1-18-5-3-10-19(16,17)13-4-2-9(6-13)7(14)11-8(15)12-9/h10H,2-6H2,1H3,(H2,11,12,14,15). The number of carbonyl (C=O) groups excluding carboxylic acids is 2. The van der Waals surface area contributed by atoms with E-state index in [9.17, 15) is 18.0 Å². The monoisotopic (exact) mass is 292 g/mol. The molecule has 2 fully saturated rings. The molecule has 2 aliphatic heterocycles. The predicted molar refractivity (Wildman–Crippen MR) is 64.4 cm³/mol. The van der Waals surface area contributed by atoms with Crippen molar-refractivity contribution in [3.05, 3.63) is 0 Å². The highest BCUT2D eigenvalue weighted by Gasteiger charge is 2.52. The van der Waals surface area contributed by atoms with Crippen LogP contribution in [-0.2, 0) is 19.7 Å². The highest BCUT2D eigenvalue weighted by Crippen LogP contribution is 2.26. The Labute approximate surface area is 110 Å². The Morgan fingerprint density at radius 2 is 2.21 bits per heavy atom. The molecule has 10 heteroatoms. The molecule has 2 rings (SSSR count). The molecule has 2 heterocycles. The number of nitrogens with one attached hydrogen (secondary N) is 3. The maximum absolute atomic E-state index is 12.0. The first-order valence-corrected chi connectivity index (χ1v) is 7.21. The van der Waals surface area contributed by atoms with Gasteiger partial charge >= 0.3 is 6.03 Å². The first-order valence-electron chi connectivity index (χ1n) is 5.77. The Hall–Kier alpha value is -1.23. The predicted octanol–water partition coefficient (Wildman–Crippen LogP) is -2.25. The molecule has 0 radical (unpaired) electrons. The Kier molecular flexibility index (Phi) is 3.76. The molecule has 0 aliphatic carbocycles. The molecule has 0 aromatic heterocycles. The van der Waals surface area contributed by atoms with Gasteiger partial charge in [0.15, 0.2) is 0 Å². The maximum atomic E-state index is 12.0. The van der Waals surface area contributed by atoms with Crippen molar-refractivity contribution in [2.45, 2.75) is 12.0 Å². The van der Waals surface area contributed by atoms with Gasteiger partial charge < -0.3 is 10.1 Å². The third-order valence-electron chi connectivity index (χ3n) is 3.18. The highest BCUT2D eigenvalue weighted by atomic mass is 32.2. The number of urea groups is 1.